The average Bonchev–Trinajstić information content (AvgIpc) is 2.70. The molecular weight excluding hydrogens is 382 g/mol. The van der Waals surface area contributed by atoms with Gasteiger partial charge in [-0.05, 0) is 19.1 Å². The van der Waals surface area contributed by atoms with Crippen molar-refractivity contribution in [3.05, 3.63) is 46.0 Å². The number of aryl methyl sites for hydroxylation is 1. The number of aromatic nitrogens is 2. The highest BCUT2D eigenvalue weighted by atomic mass is 35.5. The van der Waals surface area contributed by atoms with E-state index in [2.05, 4.69) is 4.98 Å². The third-order valence-electron chi connectivity index (χ3n) is 5.15. The summed E-state index contributed by atoms with van der Waals surface area (Å²) in [6, 6.07) is 6.74. The Kier molecular flexibility index (Phi) is 4.89. The highest BCUT2D eigenvalue weighted by Gasteiger charge is 2.34. The third kappa shape index (κ3) is 3.40. The molecule has 3 heterocycles. The number of nitrogens with zero attached hydrogens (tertiary/aromatic N) is 5. The van der Waals surface area contributed by atoms with Gasteiger partial charge in [0.1, 0.15) is 18.2 Å². The summed E-state index contributed by atoms with van der Waals surface area (Å²) in [5.41, 5.74) is 0.643. The van der Waals surface area contributed by atoms with E-state index in [4.69, 9.17) is 16.3 Å². The summed E-state index contributed by atoms with van der Waals surface area (Å²) < 4.78 is 7.17. The van der Waals surface area contributed by atoms with E-state index in [1.54, 1.807) is 24.1 Å². The summed E-state index contributed by atoms with van der Waals surface area (Å²) in [4.78, 5) is 35.0. The number of carbonyl (C=O) groups is 1. The van der Waals surface area contributed by atoms with Crippen LogP contribution in [-0.4, -0.2) is 59.3 Å². The van der Waals surface area contributed by atoms with Gasteiger partial charge in [-0.15, -0.1) is 0 Å². The van der Waals surface area contributed by atoms with Crippen LogP contribution in [0.2, 0.25) is 5.02 Å². The molecule has 148 valence electrons. The zero-order chi connectivity index (χ0) is 19.8. The van der Waals surface area contributed by atoms with Gasteiger partial charge in [0.05, 0.1) is 18.1 Å². The molecule has 2 aliphatic rings. The highest BCUT2D eigenvalue weighted by Crippen LogP contribution is 2.36. The van der Waals surface area contributed by atoms with Crippen LogP contribution >= 0.6 is 11.6 Å². The van der Waals surface area contributed by atoms with E-state index in [9.17, 15) is 9.59 Å². The van der Waals surface area contributed by atoms with Crippen LogP contribution in [0.15, 0.2) is 35.4 Å². The zero-order valence-electron chi connectivity index (χ0n) is 15.8. The number of anilines is 2. The number of ether oxygens (including phenoxy) is 1. The second kappa shape index (κ2) is 7.35. The molecule has 1 aromatic heterocycles. The van der Waals surface area contributed by atoms with Crippen LogP contribution in [0.5, 0.6) is 5.75 Å². The molecule has 0 N–H and O–H groups in total. The first-order chi connectivity index (χ1) is 13.4. The average molecular weight is 404 g/mol. The first-order valence-corrected chi connectivity index (χ1v) is 9.60. The molecule has 1 fully saturated rings. The second-order valence-corrected chi connectivity index (χ2v) is 7.53. The van der Waals surface area contributed by atoms with Crippen LogP contribution in [-0.2, 0) is 7.05 Å². The molecule has 28 heavy (non-hydrogen) atoms. The molecular formula is C19H22ClN5O3. The van der Waals surface area contributed by atoms with Crippen molar-refractivity contribution >= 4 is 29.1 Å². The van der Waals surface area contributed by atoms with E-state index < -0.39 is 0 Å². The Balaban J connectivity index is 1.48. The van der Waals surface area contributed by atoms with Crippen LogP contribution in [0, 0.1) is 0 Å². The van der Waals surface area contributed by atoms with Crippen molar-refractivity contribution < 1.29 is 9.53 Å². The second-order valence-electron chi connectivity index (χ2n) is 7.09. The van der Waals surface area contributed by atoms with Crippen molar-refractivity contribution in [3.8, 4) is 5.75 Å². The van der Waals surface area contributed by atoms with Crippen molar-refractivity contribution in [1.82, 2.24) is 14.5 Å². The lowest BCUT2D eigenvalue weighted by Gasteiger charge is -2.41. The summed E-state index contributed by atoms with van der Waals surface area (Å²) >= 11 is 6.06. The molecule has 1 aromatic carbocycles. The molecule has 2 aromatic rings. The lowest BCUT2D eigenvalue weighted by molar-refractivity contribution is 0.190. The number of piperazine rings is 1. The van der Waals surface area contributed by atoms with Gasteiger partial charge in [-0.3, -0.25) is 9.69 Å². The first kappa shape index (κ1) is 18.6. The first-order valence-electron chi connectivity index (χ1n) is 9.22. The van der Waals surface area contributed by atoms with Crippen LogP contribution < -0.4 is 20.1 Å². The maximum absolute atomic E-state index is 13.2. The normalized spacial score (nSPS) is 19.2. The molecule has 0 aliphatic carbocycles. The Morgan fingerprint density at radius 2 is 1.96 bits per heavy atom. The fourth-order valence-electron chi connectivity index (χ4n) is 3.52. The Bertz CT molecular complexity index is 955. The summed E-state index contributed by atoms with van der Waals surface area (Å²) in [7, 11) is 1.67. The van der Waals surface area contributed by atoms with Crippen LogP contribution in [0.3, 0.4) is 0 Å². The number of fused-ring (bicyclic) bond motifs is 1. The summed E-state index contributed by atoms with van der Waals surface area (Å²) in [5, 5.41) is 0.579. The number of amides is 2. The molecule has 0 radical (unpaired) electrons. The number of halogens is 1. The predicted octanol–water partition coefficient (Wildman–Crippen LogP) is 1.96. The van der Waals surface area contributed by atoms with E-state index in [0.717, 1.165) is 5.69 Å². The predicted molar refractivity (Wildman–Crippen MR) is 108 cm³/mol. The summed E-state index contributed by atoms with van der Waals surface area (Å²) in [6.07, 6.45) is 1.52. The summed E-state index contributed by atoms with van der Waals surface area (Å²) in [5.74, 6) is 1.27. The summed E-state index contributed by atoms with van der Waals surface area (Å²) in [6.45, 7) is 4.76. The molecule has 1 atom stereocenters. The van der Waals surface area contributed by atoms with Gasteiger partial charge in [0.2, 0.25) is 0 Å². The standard InChI is InChI=1S/C19H22ClN5O3/c1-13-11-28-16-9-14(20)3-4-15(16)25(13)19(27)24-7-5-23(6-8-24)17-10-18(26)22(2)12-21-17/h3-4,9-10,12-13H,5-8,11H2,1-2H3. The smallest absolute Gasteiger partial charge is 0.325 e. The molecule has 4 rings (SSSR count). The van der Waals surface area contributed by atoms with Gasteiger partial charge in [-0.25, -0.2) is 9.78 Å². The van der Waals surface area contributed by atoms with Crippen molar-refractivity contribution in [2.75, 3.05) is 42.6 Å². The Morgan fingerprint density at radius 3 is 2.68 bits per heavy atom. The molecule has 8 nitrogen and oxygen atoms in total. The monoisotopic (exact) mass is 403 g/mol. The largest absolute Gasteiger partial charge is 0.489 e. The number of benzene rings is 1. The van der Waals surface area contributed by atoms with Gasteiger partial charge in [-0.2, -0.15) is 0 Å². The van der Waals surface area contributed by atoms with Crippen LogP contribution in [0.4, 0.5) is 16.3 Å². The number of hydrogen-bond acceptors (Lipinski definition) is 5. The fraction of sp³-hybridized carbons (Fsp3) is 0.421. The molecule has 1 saturated heterocycles. The van der Waals surface area contributed by atoms with Crippen LogP contribution in [0.25, 0.3) is 0 Å². The zero-order valence-corrected chi connectivity index (χ0v) is 16.6. The van der Waals surface area contributed by atoms with E-state index in [1.165, 1.54) is 17.0 Å². The van der Waals surface area contributed by atoms with Gasteiger partial charge in [-0.1, -0.05) is 11.6 Å². The molecule has 2 aliphatic heterocycles. The van der Waals surface area contributed by atoms with Gasteiger partial charge in [0, 0.05) is 50.4 Å². The SMILES string of the molecule is CC1COc2cc(Cl)ccc2N1C(=O)N1CCN(c2cc(=O)n(C)cn2)CC1. The van der Waals surface area contributed by atoms with E-state index in [1.807, 2.05) is 22.8 Å². The van der Waals surface area contributed by atoms with E-state index in [0.29, 0.717) is 49.4 Å². The number of hydrogen-bond donors (Lipinski definition) is 0. The number of rotatable bonds is 1. The highest BCUT2D eigenvalue weighted by molar-refractivity contribution is 6.30. The Hall–Kier alpha value is -2.74. The van der Waals surface area contributed by atoms with E-state index >= 15 is 0 Å². The molecule has 9 heteroatoms. The molecule has 1 unspecified atom stereocenters. The minimum atomic E-state index is -0.0964. The van der Waals surface area contributed by atoms with Gasteiger partial charge in [0.25, 0.3) is 5.56 Å². The maximum atomic E-state index is 13.2. The minimum Gasteiger partial charge on any atom is -0.489 e. The van der Waals surface area contributed by atoms with Gasteiger partial charge in [0.15, 0.2) is 0 Å². The molecule has 0 saturated carbocycles. The topological polar surface area (TPSA) is 70.9 Å². The number of urea groups is 1. The maximum Gasteiger partial charge on any atom is 0.325 e. The lowest BCUT2D eigenvalue weighted by atomic mass is 10.1. The molecule has 0 bridgehead atoms. The van der Waals surface area contributed by atoms with Gasteiger partial charge >= 0.3 is 6.03 Å². The van der Waals surface area contributed by atoms with E-state index in [-0.39, 0.29) is 17.6 Å². The third-order valence-corrected chi connectivity index (χ3v) is 5.38. The lowest BCUT2D eigenvalue weighted by Crippen LogP contribution is -2.56. The van der Waals surface area contributed by atoms with Crippen molar-refractivity contribution in [2.24, 2.45) is 7.05 Å². The Labute approximate surface area is 167 Å². The number of carbonyl (C=O) groups excluding carboxylic acids is 1. The van der Waals surface area contributed by atoms with Crippen molar-refractivity contribution in [3.63, 3.8) is 0 Å². The molecule has 2 amide bonds. The van der Waals surface area contributed by atoms with Crippen molar-refractivity contribution in [2.45, 2.75) is 13.0 Å². The minimum absolute atomic E-state index is 0.0454. The Morgan fingerprint density at radius 1 is 1.21 bits per heavy atom. The fourth-order valence-corrected chi connectivity index (χ4v) is 3.68. The van der Waals surface area contributed by atoms with Gasteiger partial charge < -0.3 is 19.1 Å². The van der Waals surface area contributed by atoms with Crippen molar-refractivity contribution in [1.29, 1.82) is 0 Å². The molecule has 0 spiro atoms. The quantitative estimate of drug-likeness (QED) is 0.728. The van der Waals surface area contributed by atoms with Crippen LogP contribution in [0.1, 0.15) is 6.92 Å².